The van der Waals surface area contributed by atoms with Gasteiger partial charge in [-0.1, -0.05) is 53.4 Å². The van der Waals surface area contributed by atoms with Crippen LogP contribution in [0, 0.1) is 17.8 Å². The zero-order chi connectivity index (χ0) is 12.7. The zero-order valence-electron chi connectivity index (χ0n) is 12.5. The molecule has 0 amide bonds. The van der Waals surface area contributed by atoms with E-state index in [0.717, 1.165) is 23.8 Å². The monoisotopic (exact) mass is 239 g/mol. The average molecular weight is 239 g/mol. The maximum Gasteiger partial charge on any atom is 0.00978 e. The van der Waals surface area contributed by atoms with Gasteiger partial charge >= 0.3 is 0 Å². The third-order valence-corrected chi connectivity index (χ3v) is 4.40. The van der Waals surface area contributed by atoms with Gasteiger partial charge in [-0.05, 0) is 43.6 Å². The van der Waals surface area contributed by atoms with Gasteiger partial charge in [-0.15, -0.1) is 0 Å². The van der Waals surface area contributed by atoms with E-state index in [1.54, 1.807) is 0 Å². The molecule has 1 aliphatic rings. The molecule has 1 saturated carbocycles. The standard InChI is InChI=1S/C16H33N/c1-5-12-17-16(11-6-8-13(2)3)15-10-7-9-14(15)4/h13-17H,5-12H2,1-4H3. The fraction of sp³-hybridized carbons (Fsp3) is 1.00. The maximum atomic E-state index is 3.82. The molecular formula is C16H33N. The molecule has 17 heavy (non-hydrogen) atoms. The second-order valence-corrected chi connectivity index (χ2v) is 6.46. The molecule has 0 radical (unpaired) electrons. The third-order valence-electron chi connectivity index (χ3n) is 4.40. The number of nitrogens with one attached hydrogen (secondary N) is 1. The Hall–Kier alpha value is -0.0400. The summed E-state index contributed by atoms with van der Waals surface area (Å²) in [4.78, 5) is 0. The Kier molecular flexibility index (Phi) is 7.18. The lowest BCUT2D eigenvalue weighted by molar-refractivity contribution is 0.275. The van der Waals surface area contributed by atoms with Gasteiger partial charge in [0.2, 0.25) is 0 Å². The number of hydrogen-bond acceptors (Lipinski definition) is 1. The molecule has 3 atom stereocenters. The van der Waals surface area contributed by atoms with E-state index in [2.05, 4.69) is 33.0 Å². The number of hydrogen-bond donors (Lipinski definition) is 1. The third kappa shape index (κ3) is 5.42. The Morgan fingerprint density at radius 2 is 1.94 bits per heavy atom. The lowest BCUT2D eigenvalue weighted by Gasteiger charge is -2.28. The van der Waals surface area contributed by atoms with E-state index in [4.69, 9.17) is 0 Å². The second-order valence-electron chi connectivity index (χ2n) is 6.46. The van der Waals surface area contributed by atoms with Crippen molar-refractivity contribution in [3.05, 3.63) is 0 Å². The van der Waals surface area contributed by atoms with Crippen LogP contribution >= 0.6 is 0 Å². The normalized spacial score (nSPS) is 26.6. The lowest BCUT2D eigenvalue weighted by atomic mass is 9.86. The fourth-order valence-electron chi connectivity index (χ4n) is 3.32. The Balaban J connectivity index is 2.36. The predicted octanol–water partition coefficient (Wildman–Crippen LogP) is 4.62. The first-order valence-corrected chi connectivity index (χ1v) is 7.88. The Morgan fingerprint density at radius 3 is 2.47 bits per heavy atom. The van der Waals surface area contributed by atoms with Crippen LogP contribution in [0.4, 0.5) is 0 Å². The smallest absolute Gasteiger partial charge is 0.00978 e. The summed E-state index contributed by atoms with van der Waals surface area (Å²) >= 11 is 0. The summed E-state index contributed by atoms with van der Waals surface area (Å²) in [5, 5.41) is 3.82. The van der Waals surface area contributed by atoms with E-state index in [-0.39, 0.29) is 0 Å². The Bertz CT molecular complexity index is 188. The van der Waals surface area contributed by atoms with Gasteiger partial charge in [0.05, 0.1) is 0 Å². The van der Waals surface area contributed by atoms with E-state index >= 15 is 0 Å². The molecule has 1 nitrogen and oxygen atoms in total. The highest BCUT2D eigenvalue weighted by Crippen LogP contribution is 2.35. The van der Waals surface area contributed by atoms with Crippen molar-refractivity contribution >= 4 is 0 Å². The minimum Gasteiger partial charge on any atom is -0.314 e. The van der Waals surface area contributed by atoms with Crippen LogP contribution in [0.2, 0.25) is 0 Å². The van der Waals surface area contributed by atoms with Crippen LogP contribution in [0.15, 0.2) is 0 Å². The molecule has 0 bridgehead atoms. The first-order chi connectivity index (χ1) is 8.15. The van der Waals surface area contributed by atoms with Gasteiger partial charge in [-0.3, -0.25) is 0 Å². The van der Waals surface area contributed by atoms with E-state index in [9.17, 15) is 0 Å². The molecule has 0 spiro atoms. The first kappa shape index (κ1) is 15.0. The van der Waals surface area contributed by atoms with E-state index in [1.165, 1.54) is 51.5 Å². The highest BCUT2D eigenvalue weighted by molar-refractivity contribution is 4.84. The van der Waals surface area contributed by atoms with Crippen LogP contribution in [0.25, 0.3) is 0 Å². The zero-order valence-corrected chi connectivity index (χ0v) is 12.5. The topological polar surface area (TPSA) is 12.0 Å². The van der Waals surface area contributed by atoms with Crippen molar-refractivity contribution < 1.29 is 0 Å². The summed E-state index contributed by atoms with van der Waals surface area (Å²) < 4.78 is 0. The van der Waals surface area contributed by atoms with Gasteiger partial charge < -0.3 is 5.32 Å². The van der Waals surface area contributed by atoms with Gasteiger partial charge in [0, 0.05) is 6.04 Å². The molecule has 0 saturated heterocycles. The van der Waals surface area contributed by atoms with Crippen LogP contribution in [-0.4, -0.2) is 12.6 Å². The molecule has 0 aliphatic heterocycles. The molecule has 1 heteroatoms. The second kappa shape index (κ2) is 8.13. The van der Waals surface area contributed by atoms with Crippen LogP contribution < -0.4 is 5.32 Å². The van der Waals surface area contributed by atoms with Crippen molar-refractivity contribution in [3.63, 3.8) is 0 Å². The van der Waals surface area contributed by atoms with Crippen LogP contribution in [0.3, 0.4) is 0 Å². The molecule has 0 heterocycles. The molecule has 0 aromatic rings. The molecule has 1 rings (SSSR count). The lowest BCUT2D eigenvalue weighted by Crippen LogP contribution is -2.38. The minimum absolute atomic E-state index is 0.797. The molecule has 1 fully saturated rings. The van der Waals surface area contributed by atoms with Crippen LogP contribution in [0.1, 0.15) is 72.6 Å². The molecule has 1 aliphatic carbocycles. The van der Waals surface area contributed by atoms with E-state index in [0.29, 0.717) is 0 Å². The van der Waals surface area contributed by atoms with Crippen molar-refractivity contribution in [2.45, 2.75) is 78.7 Å². The molecule has 0 aromatic heterocycles. The SMILES string of the molecule is CCCNC(CCCC(C)C)C1CCCC1C. The fourth-order valence-corrected chi connectivity index (χ4v) is 3.32. The number of rotatable bonds is 8. The highest BCUT2D eigenvalue weighted by Gasteiger charge is 2.29. The van der Waals surface area contributed by atoms with Gasteiger partial charge in [-0.2, -0.15) is 0 Å². The molecular weight excluding hydrogens is 206 g/mol. The van der Waals surface area contributed by atoms with Gasteiger partial charge in [-0.25, -0.2) is 0 Å². The van der Waals surface area contributed by atoms with Gasteiger partial charge in [0.1, 0.15) is 0 Å². The summed E-state index contributed by atoms with van der Waals surface area (Å²) in [7, 11) is 0. The van der Waals surface area contributed by atoms with Crippen molar-refractivity contribution in [1.82, 2.24) is 5.32 Å². The summed E-state index contributed by atoms with van der Waals surface area (Å²) in [6.45, 7) is 10.6. The molecule has 1 N–H and O–H groups in total. The average Bonchev–Trinajstić information content (AvgIpc) is 2.69. The quantitative estimate of drug-likeness (QED) is 0.652. The van der Waals surface area contributed by atoms with Crippen LogP contribution in [0.5, 0.6) is 0 Å². The van der Waals surface area contributed by atoms with Gasteiger partial charge in [0.25, 0.3) is 0 Å². The molecule has 3 unspecified atom stereocenters. The minimum atomic E-state index is 0.797. The van der Waals surface area contributed by atoms with E-state index < -0.39 is 0 Å². The Morgan fingerprint density at radius 1 is 1.18 bits per heavy atom. The Labute approximate surface area is 109 Å². The molecule has 102 valence electrons. The highest BCUT2D eigenvalue weighted by atomic mass is 14.9. The van der Waals surface area contributed by atoms with Crippen molar-refractivity contribution in [1.29, 1.82) is 0 Å². The summed E-state index contributed by atoms with van der Waals surface area (Å²) in [6, 6.07) is 0.797. The van der Waals surface area contributed by atoms with Crippen molar-refractivity contribution in [2.75, 3.05) is 6.54 Å². The van der Waals surface area contributed by atoms with Crippen LogP contribution in [-0.2, 0) is 0 Å². The van der Waals surface area contributed by atoms with Crippen molar-refractivity contribution in [3.8, 4) is 0 Å². The summed E-state index contributed by atoms with van der Waals surface area (Å²) in [5.74, 6) is 2.76. The van der Waals surface area contributed by atoms with Crippen molar-refractivity contribution in [2.24, 2.45) is 17.8 Å². The van der Waals surface area contributed by atoms with E-state index in [1.807, 2.05) is 0 Å². The summed E-state index contributed by atoms with van der Waals surface area (Å²) in [6.07, 6.45) is 9.84. The molecule has 0 aromatic carbocycles. The van der Waals surface area contributed by atoms with Gasteiger partial charge in [0.15, 0.2) is 0 Å². The summed E-state index contributed by atoms with van der Waals surface area (Å²) in [5.41, 5.74) is 0. The largest absolute Gasteiger partial charge is 0.314 e. The first-order valence-electron chi connectivity index (χ1n) is 7.88. The predicted molar refractivity (Wildman–Crippen MR) is 77.3 cm³/mol. The maximum absolute atomic E-state index is 3.82.